The molecular formula is C24H36O7. The Morgan fingerprint density at radius 2 is 1.81 bits per heavy atom. The number of Topliss-reactive ketones (excluding diaryl/α,β-unsaturated/α-hetero) is 1. The summed E-state index contributed by atoms with van der Waals surface area (Å²) in [6.07, 6.45) is -3.01. The van der Waals surface area contributed by atoms with Crippen LogP contribution in [0, 0.1) is 28.1 Å². The van der Waals surface area contributed by atoms with Crippen LogP contribution in [0.2, 0.25) is 0 Å². The molecule has 0 radical (unpaired) electrons. The van der Waals surface area contributed by atoms with Crippen LogP contribution in [-0.2, 0) is 19.1 Å². The second-order valence-corrected chi connectivity index (χ2v) is 11.3. The molecule has 31 heavy (non-hydrogen) atoms. The van der Waals surface area contributed by atoms with Crippen LogP contribution >= 0.6 is 0 Å². The van der Waals surface area contributed by atoms with E-state index in [0.717, 1.165) is 0 Å². The van der Waals surface area contributed by atoms with Crippen molar-refractivity contribution in [3.63, 3.8) is 0 Å². The van der Waals surface area contributed by atoms with Crippen molar-refractivity contribution < 1.29 is 34.4 Å². The fourth-order valence-electron chi connectivity index (χ4n) is 7.71. The van der Waals surface area contributed by atoms with E-state index >= 15 is 0 Å². The van der Waals surface area contributed by atoms with Gasteiger partial charge in [0, 0.05) is 30.6 Å². The predicted octanol–water partition coefficient (Wildman–Crippen LogP) is 1.77. The lowest BCUT2D eigenvalue weighted by Gasteiger charge is -2.68. The average molecular weight is 437 g/mol. The topological polar surface area (TPSA) is 113 Å². The summed E-state index contributed by atoms with van der Waals surface area (Å²) in [7, 11) is 0. The van der Waals surface area contributed by atoms with Crippen LogP contribution in [0.4, 0.5) is 0 Å². The molecule has 2 bridgehead atoms. The Hall–Kier alpha value is -1.28. The standard InChI is InChI=1S/C24H36O7/c1-11-14(26)9-24(29)12(2)19-22(6)10-30-16(22)8-15(27)23(19,7)20(28)18(31-13(3)25)17(11)21(24,4)5/h12,14-16,18-19,26-27,29H,8-10H2,1-7H3/t12-,14-,15-,16?,18+,19+,22+,23+,24+/m0/s1. The summed E-state index contributed by atoms with van der Waals surface area (Å²) < 4.78 is 11.4. The van der Waals surface area contributed by atoms with Gasteiger partial charge in [-0.25, -0.2) is 0 Å². The van der Waals surface area contributed by atoms with E-state index in [9.17, 15) is 24.9 Å². The first-order valence-corrected chi connectivity index (χ1v) is 11.3. The van der Waals surface area contributed by atoms with Crippen LogP contribution in [0.25, 0.3) is 0 Å². The van der Waals surface area contributed by atoms with Crippen molar-refractivity contribution in [2.45, 2.75) is 91.3 Å². The van der Waals surface area contributed by atoms with E-state index in [4.69, 9.17) is 9.47 Å². The van der Waals surface area contributed by atoms with Crippen molar-refractivity contribution in [2.24, 2.45) is 28.1 Å². The van der Waals surface area contributed by atoms with E-state index in [-0.39, 0.29) is 18.3 Å². The van der Waals surface area contributed by atoms with Gasteiger partial charge >= 0.3 is 5.97 Å². The first-order valence-electron chi connectivity index (χ1n) is 11.3. The van der Waals surface area contributed by atoms with Crippen molar-refractivity contribution in [2.75, 3.05) is 6.61 Å². The smallest absolute Gasteiger partial charge is 0.303 e. The Morgan fingerprint density at radius 3 is 2.32 bits per heavy atom. The largest absolute Gasteiger partial charge is 0.450 e. The maximum atomic E-state index is 14.2. The fourth-order valence-corrected chi connectivity index (χ4v) is 7.71. The van der Waals surface area contributed by atoms with Gasteiger partial charge in [0.1, 0.15) is 0 Å². The Kier molecular flexibility index (Phi) is 4.89. The third-order valence-electron chi connectivity index (χ3n) is 9.57. The highest BCUT2D eigenvalue weighted by Gasteiger charge is 2.73. The fraction of sp³-hybridized carbons (Fsp3) is 0.833. The molecule has 3 N–H and O–H groups in total. The van der Waals surface area contributed by atoms with Crippen LogP contribution in [0.15, 0.2) is 11.1 Å². The molecule has 4 aliphatic rings. The zero-order valence-electron chi connectivity index (χ0n) is 19.6. The summed E-state index contributed by atoms with van der Waals surface area (Å²) in [6, 6.07) is 0. The van der Waals surface area contributed by atoms with E-state index in [0.29, 0.717) is 24.2 Å². The second-order valence-electron chi connectivity index (χ2n) is 11.3. The van der Waals surface area contributed by atoms with Gasteiger partial charge in [-0.2, -0.15) is 0 Å². The number of hydrogen-bond acceptors (Lipinski definition) is 7. The Labute approximate surface area is 183 Å². The van der Waals surface area contributed by atoms with E-state index in [2.05, 4.69) is 6.92 Å². The predicted molar refractivity (Wildman–Crippen MR) is 112 cm³/mol. The van der Waals surface area contributed by atoms with Crippen molar-refractivity contribution in [1.82, 2.24) is 0 Å². The summed E-state index contributed by atoms with van der Waals surface area (Å²) in [5, 5.41) is 34.4. The monoisotopic (exact) mass is 436 g/mol. The van der Waals surface area contributed by atoms with Crippen molar-refractivity contribution in [3.8, 4) is 0 Å². The number of carbonyl (C=O) groups is 2. The Balaban J connectivity index is 2.04. The number of ketones is 1. The molecule has 0 aromatic carbocycles. The minimum atomic E-state index is -1.38. The minimum Gasteiger partial charge on any atom is -0.450 e. The molecule has 1 unspecified atom stereocenters. The molecule has 1 heterocycles. The molecule has 1 aliphatic heterocycles. The molecule has 7 heteroatoms. The highest BCUT2D eigenvalue weighted by atomic mass is 16.5. The van der Waals surface area contributed by atoms with Gasteiger partial charge in [0.2, 0.25) is 0 Å². The van der Waals surface area contributed by atoms with Crippen LogP contribution < -0.4 is 0 Å². The van der Waals surface area contributed by atoms with Gasteiger partial charge < -0.3 is 24.8 Å². The summed E-state index contributed by atoms with van der Waals surface area (Å²) in [5.74, 6) is -1.84. The van der Waals surface area contributed by atoms with Crippen LogP contribution in [0.1, 0.15) is 61.3 Å². The zero-order valence-corrected chi connectivity index (χ0v) is 19.6. The van der Waals surface area contributed by atoms with Gasteiger partial charge in [-0.05, 0) is 36.8 Å². The van der Waals surface area contributed by atoms with Crippen LogP contribution in [-0.4, -0.2) is 63.7 Å². The number of esters is 1. The molecule has 0 aromatic rings. The molecule has 174 valence electrons. The van der Waals surface area contributed by atoms with E-state index in [1.165, 1.54) is 6.92 Å². The number of fused-ring (bicyclic) bond motifs is 5. The number of aliphatic hydroxyl groups is 3. The highest BCUT2D eigenvalue weighted by Crippen LogP contribution is 2.66. The molecule has 0 spiro atoms. The van der Waals surface area contributed by atoms with Gasteiger partial charge in [0.25, 0.3) is 0 Å². The van der Waals surface area contributed by atoms with E-state index in [1.54, 1.807) is 13.8 Å². The maximum Gasteiger partial charge on any atom is 0.303 e. The van der Waals surface area contributed by atoms with Gasteiger partial charge in [0.15, 0.2) is 11.9 Å². The highest BCUT2D eigenvalue weighted by molar-refractivity contribution is 5.94. The number of hydrogen-bond donors (Lipinski definition) is 3. The quantitative estimate of drug-likeness (QED) is 0.424. The molecule has 3 fully saturated rings. The van der Waals surface area contributed by atoms with Gasteiger partial charge in [0.05, 0.1) is 35.9 Å². The molecule has 3 aliphatic carbocycles. The third-order valence-corrected chi connectivity index (χ3v) is 9.57. The summed E-state index contributed by atoms with van der Waals surface area (Å²) >= 11 is 0. The normalized spacial score (nSPS) is 51.1. The molecule has 0 aromatic heterocycles. The lowest BCUT2D eigenvalue weighted by atomic mass is 9.40. The Bertz CT molecular complexity index is 862. The number of rotatable bonds is 1. The van der Waals surface area contributed by atoms with Crippen molar-refractivity contribution in [1.29, 1.82) is 0 Å². The first-order chi connectivity index (χ1) is 14.1. The SMILES string of the molecule is CC(=O)O[C@H]1C(=O)[C@]2(C)[C@@H](O)CC3OC[C@@]3(C)[C@H]2[C@H](C)[C@]2(O)C[C@H](O)C(C)=C1C2(C)C. The molecule has 7 nitrogen and oxygen atoms in total. The average Bonchev–Trinajstić information content (AvgIpc) is 2.66. The molecular weight excluding hydrogens is 400 g/mol. The van der Waals surface area contributed by atoms with Crippen molar-refractivity contribution >= 4 is 11.8 Å². The summed E-state index contributed by atoms with van der Waals surface area (Å²) in [5.41, 5.74) is -2.99. The lowest BCUT2D eigenvalue weighted by molar-refractivity contribution is -0.302. The molecule has 0 amide bonds. The van der Waals surface area contributed by atoms with Gasteiger partial charge in [-0.15, -0.1) is 0 Å². The lowest BCUT2D eigenvalue weighted by Crippen LogP contribution is -2.75. The molecule has 4 rings (SSSR count). The second kappa shape index (κ2) is 6.62. The van der Waals surface area contributed by atoms with E-state index < -0.39 is 58.0 Å². The first kappa shape index (κ1) is 22.9. The zero-order chi connectivity index (χ0) is 23.3. The number of carbonyl (C=O) groups excluding carboxylic acids is 2. The van der Waals surface area contributed by atoms with Crippen LogP contribution in [0.3, 0.4) is 0 Å². The number of aliphatic hydroxyl groups excluding tert-OH is 2. The minimum absolute atomic E-state index is 0.113. The molecule has 2 saturated carbocycles. The van der Waals surface area contributed by atoms with Gasteiger partial charge in [-0.1, -0.05) is 27.7 Å². The summed E-state index contributed by atoms with van der Waals surface area (Å²) in [6.45, 7) is 12.9. The van der Waals surface area contributed by atoms with E-state index in [1.807, 2.05) is 20.8 Å². The molecule has 1 saturated heterocycles. The Morgan fingerprint density at radius 1 is 1.19 bits per heavy atom. The van der Waals surface area contributed by atoms with Crippen LogP contribution in [0.5, 0.6) is 0 Å². The summed E-state index contributed by atoms with van der Waals surface area (Å²) in [4.78, 5) is 26.3. The third kappa shape index (κ3) is 2.61. The van der Waals surface area contributed by atoms with Gasteiger partial charge in [-0.3, -0.25) is 9.59 Å². The number of ether oxygens (including phenoxy) is 2. The van der Waals surface area contributed by atoms with Crippen molar-refractivity contribution in [3.05, 3.63) is 11.1 Å². The maximum absolute atomic E-state index is 14.2. The molecule has 9 atom stereocenters.